The van der Waals surface area contributed by atoms with Gasteiger partial charge >= 0.3 is 0 Å². The van der Waals surface area contributed by atoms with Crippen LogP contribution in [0.3, 0.4) is 0 Å². The number of likely N-dealkylation sites (N-methyl/N-ethyl adjacent to an activating group) is 1. The second-order valence-electron chi connectivity index (χ2n) is 6.18. The van der Waals surface area contributed by atoms with Crippen LogP contribution in [0.5, 0.6) is 0 Å². The zero-order valence-electron chi connectivity index (χ0n) is 14.3. The number of carbonyl (C=O) groups excluding carboxylic acids is 2. The maximum atomic E-state index is 12.1. The van der Waals surface area contributed by atoms with Crippen LogP contribution in [-0.4, -0.2) is 54.4 Å². The van der Waals surface area contributed by atoms with Crippen molar-refractivity contribution < 1.29 is 9.59 Å². The van der Waals surface area contributed by atoms with E-state index >= 15 is 0 Å². The summed E-state index contributed by atoms with van der Waals surface area (Å²) >= 11 is 0. The first kappa shape index (κ1) is 20.4. The van der Waals surface area contributed by atoms with Gasteiger partial charge in [-0.1, -0.05) is 6.07 Å². The molecule has 2 amide bonds. The summed E-state index contributed by atoms with van der Waals surface area (Å²) in [6, 6.07) is 6.11. The molecule has 24 heavy (non-hydrogen) atoms. The van der Waals surface area contributed by atoms with Crippen LogP contribution in [0.15, 0.2) is 24.4 Å². The molecule has 0 aliphatic carbocycles. The van der Waals surface area contributed by atoms with Crippen LogP contribution in [-0.2, 0) is 16.0 Å². The molecule has 0 radical (unpaired) electrons. The topological polar surface area (TPSA) is 74.3 Å². The van der Waals surface area contributed by atoms with E-state index in [1.807, 2.05) is 18.2 Å². The van der Waals surface area contributed by atoms with Gasteiger partial charge in [-0.2, -0.15) is 0 Å². The van der Waals surface area contributed by atoms with E-state index in [1.54, 1.807) is 18.1 Å². The number of amides is 2. The summed E-state index contributed by atoms with van der Waals surface area (Å²) in [5.41, 5.74) is 0.958. The van der Waals surface area contributed by atoms with Crippen LogP contribution in [0.1, 0.15) is 25.5 Å². The first-order valence-electron chi connectivity index (χ1n) is 8.21. The minimum atomic E-state index is -0.0729. The second-order valence-corrected chi connectivity index (χ2v) is 6.18. The zero-order valence-corrected chi connectivity index (χ0v) is 15.1. The lowest BCUT2D eigenvalue weighted by Gasteiger charge is -2.27. The number of aromatic nitrogens is 1. The van der Waals surface area contributed by atoms with Crippen LogP contribution >= 0.6 is 12.4 Å². The van der Waals surface area contributed by atoms with Gasteiger partial charge in [0, 0.05) is 43.9 Å². The predicted molar refractivity (Wildman–Crippen MR) is 96.0 cm³/mol. The Bertz CT molecular complexity index is 527. The van der Waals surface area contributed by atoms with E-state index in [0.717, 1.165) is 25.1 Å². The molecular formula is C17H27ClN4O2. The Kier molecular flexibility index (Phi) is 8.71. The molecule has 0 aromatic carbocycles. The van der Waals surface area contributed by atoms with Gasteiger partial charge in [0.05, 0.1) is 6.54 Å². The Morgan fingerprint density at radius 1 is 1.42 bits per heavy atom. The molecule has 1 aliphatic heterocycles. The third-order valence-corrected chi connectivity index (χ3v) is 4.26. The van der Waals surface area contributed by atoms with Crippen molar-refractivity contribution in [3.8, 4) is 0 Å². The highest BCUT2D eigenvalue weighted by Gasteiger charge is 2.25. The van der Waals surface area contributed by atoms with Gasteiger partial charge in [0.1, 0.15) is 0 Å². The van der Waals surface area contributed by atoms with Gasteiger partial charge in [-0.15, -0.1) is 12.4 Å². The lowest BCUT2D eigenvalue weighted by molar-refractivity contribution is -0.133. The summed E-state index contributed by atoms with van der Waals surface area (Å²) in [4.78, 5) is 30.1. The van der Waals surface area contributed by atoms with Crippen molar-refractivity contribution >= 4 is 24.2 Å². The number of pyridine rings is 1. The normalized spacial score (nSPS) is 19.9. The minimum absolute atomic E-state index is 0. The summed E-state index contributed by atoms with van der Waals surface area (Å²) in [5, 5.41) is 6.10. The number of rotatable bonds is 6. The molecule has 0 bridgehead atoms. The molecule has 2 heterocycles. The Labute approximate surface area is 149 Å². The Morgan fingerprint density at radius 2 is 2.21 bits per heavy atom. The molecule has 1 aromatic heterocycles. The van der Waals surface area contributed by atoms with E-state index in [4.69, 9.17) is 0 Å². The molecular weight excluding hydrogens is 328 g/mol. The predicted octanol–water partition coefficient (Wildman–Crippen LogP) is 1.01. The monoisotopic (exact) mass is 354 g/mol. The lowest BCUT2D eigenvalue weighted by Crippen LogP contribution is -2.45. The molecule has 1 saturated heterocycles. The van der Waals surface area contributed by atoms with E-state index < -0.39 is 0 Å². The third-order valence-electron chi connectivity index (χ3n) is 4.26. The van der Waals surface area contributed by atoms with E-state index in [0.29, 0.717) is 19.0 Å². The zero-order chi connectivity index (χ0) is 16.7. The van der Waals surface area contributed by atoms with Crippen molar-refractivity contribution in [2.45, 2.75) is 32.2 Å². The standard InChI is InChI=1S/C17H26N4O2.ClH/c1-13-11-14(6-9-18-13)17(23)20-12-16(22)21(2)10-7-15-5-3-4-8-19-15;/h3-5,8,13-14,18H,6-7,9-12H2,1-2H3,(H,20,23);1H/t13-,14-;/m0./s1. The van der Waals surface area contributed by atoms with Crippen molar-refractivity contribution in [2.24, 2.45) is 5.92 Å². The largest absolute Gasteiger partial charge is 0.347 e. The maximum absolute atomic E-state index is 12.1. The molecule has 2 N–H and O–H groups in total. The Balaban J connectivity index is 0.00000288. The fourth-order valence-electron chi connectivity index (χ4n) is 2.77. The van der Waals surface area contributed by atoms with Crippen LogP contribution in [0.2, 0.25) is 0 Å². The summed E-state index contributed by atoms with van der Waals surface area (Å²) in [6.07, 6.45) is 4.12. The quantitative estimate of drug-likeness (QED) is 0.799. The van der Waals surface area contributed by atoms with Gasteiger partial charge in [0.15, 0.2) is 0 Å². The highest BCUT2D eigenvalue weighted by Crippen LogP contribution is 2.15. The van der Waals surface area contributed by atoms with Gasteiger partial charge in [-0.3, -0.25) is 14.6 Å². The van der Waals surface area contributed by atoms with Gasteiger partial charge in [0.2, 0.25) is 11.8 Å². The number of nitrogens with zero attached hydrogens (tertiary/aromatic N) is 2. The van der Waals surface area contributed by atoms with Crippen molar-refractivity contribution in [1.82, 2.24) is 20.5 Å². The first-order chi connectivity index (χ1) is 11.1. The number of halogens is 1. The van der Waals surface area contributed by atoms with Crippen LogP contribution in [0, 0.1) is 5.92 Å². The average molecular weight is 355 g/mol. The second kappa shape index (κ2) is 10.3. The van der Waals surface area contributed by atoms with E-state index in [1.165, 1.54) is 0 Å². The summed E-state index contributed by atoms with van der Waals surface area (Å²) in [7, 11) is 1.75. The molecule has 2 rings (SSSR count). The summed E-state index contributed by atoms with van der Waals surface area (Å²) in [6.45, 7) is 3.60. The number of hydrogen-bond donors (Lipinski definition) is 2. The third kappa shape index (κ3) is 6.45. The fraction of sp³-hybridized carbons (Fsp3) is 0.588. The van der Waals surface area contributed by atoms with Crippen molar-refractivity contribution in [3.05, 3.63) is 30.1 Å². The highest BCUT2D eigenvalue weighted by molar-refractivity contribution is 5.86. The molecule has 7 heteroatoms. The smallest absolute Gasteiger partial charge is 0.241 e. The molecule has 0 unspecified atom stereocenters. The van der Waals surface area contributed by atoms with Gasteiger partial charge in [0.25, 0.3) is 0 Å². The summed E-state index contributed by atoms with van der Waals surface area (Å²) < 4.78 is 0. The number of carbonyl (C=O) groups is 2. The highest BCUT2D eigenvalue weighted by atomic mass is 35.5. The van der Waals surface area contributed by atoms with Crippen LogP contribution in [0.4, 0.5) is 0 Å². The number of nitrogens with one attached hydrogen (secondary N) is 2. The summed E-state index contributed by atoms with van der Waals surface area (Å²) in [5.74, 6) is -0.0704. The Morgan fingerprint density at radius 3 is 2.88 bits per heavy atom. The average Bonchev–Trinajstić information content (AvgIpc) is 2.58. The van der Waals surface area contributed by atoms with Gasteiger partial charge < -0.3 is 15.5 Å². The van der Waals surface area contributed by atoms with E-state index in [-0.39, 0.29) is 36.7 Å². The van der Waals surface area contributed by atoms with Gasteiger partial charge in [-0.05, 0) is 38.4 Å². The molecule has 0 saturated carbocycles. The van der Waals surface area contributed by atoms with Crippen molar-refractivity contribution in [2.75, 3.05) is 26.7 Å². The fourth-order valence-corrected chi connectivity index (χ4v) is 2.77. The van der Waals surface area contributed by atoms with Crippen molar-refractivity contribution in [3.63, 3.8) is 0 Å². The molecule has 2 atom stereocenters. The lowest BCUT2D eigenvalue weighted by atomic mass is 9.92. The first-order valence-corrected chi connectivity index (χ1v) is 8.21. The molecule has 1 aliphatic rings. The number of hydrogen-bond acceptors (Lipinski definition) is 4. The maximum Gasteiger partial charge on any atom is 0.241 e. The molecule has 0 spiro atoms. The molecule has 1 aromatic rings. The van der Waals surface area contributed by atoms with Crippen molar-refractivity contribution in [1.29, 1.82) is 0 Å². The Hall–Kier alpha value is -1.66. The molecule has 6 nitrogen and oxygen atoms in total. The SMILES string of the molecule is C[C@H]1C[C@@H](C(=O)NCC(=O)N(C)CCc2ccccn2)CCN1.Cl. The molecule has 134 valence electrons. The minimum Gasteiger partial charge on any atom is -0.347 e. The van der Waals surface area contributed by atoms with Gasteiger partial charge in [-0.25, -0.2) is 0 Å². The van der Waals surface area contributed by atoms with E-state index in [9.17, 15) is 9.59 Å². The van der Waals surface area contributed by atoms with E-state index in [2.05, 4.69) is 22.5 Å². The number of piperidine rings is 1. The van der Waals surface area contributed by atoms with Crippen LogP contribution in [0.25, 0.3) is 0 Å². The molecule has 1 fully saturated rings. The van der Waals surface area contributed by atoms with Crippen LogP contribution < -0.4 is 10.6 Å².